The van der Waals surface area contributed by atoms with Crippen molar-refractivity contribution in [2.24, 2.45) is 0 Å². The number of nitrogens with one attached hydrogen (secondary N) is 1. The molecular weight excluding hydrogens is 364 g/mol. The molecule has 3 heterocycles. The Balaban J connectivity index is 1.57. The van der Waals surface area contributed by atoms with Gasteiger partial charge in [-0.05, 0) is 38.8 Å². The predicted molar refractivity (Wildman–Crippen MR) is 105 cm³/mol. The SMILES string of the molecule is Cc1nc(C)c(C(=O)N2CCC(n3c(=O)[nH]c4ccccc4c3=O)CC2)s1. The second-order valence-electron chi connectivity index (χ2n) is 6.82. The van der Waals surface area contributed by atoms with Crippen LogP contribution in [0, 0.1) is 13.8 Å². The topological polar surface area (TPSA) is 88.1 Å². The molecule has 0 unspecified atom stereocenters. The summed E-state index contributed by atoms with van der Waals surface area (Å²) in [7, 11) is 0. The monoisotopic (exact) mass is 384 g/mol. The Labute approximate surface area is 159 Å². The Morgan fingerprint density at radius 1 is 1.19 bits per heavy atom. The molecule has 1 amide bonds. The number of rotatable bonds is 2. The maximum absolute atomic E-state index is 12.8. The van der Waals surface area contributed by atoms with Gasteiger partial charge in [0.1, 0.15) is 4.88 Å². The van der Waals surface area contributed by atoms with Crippen LogP contribution in [0.1, 0.15) is 39.3 Å². The van der Waals surface area contributed by atoms with Crippen LogP contribution >= 0.6 is 11.3 Å². The summed E-state index contributed by atoms with van der Waals surface area (Å²) in [5.41, 5.74) is 0.643. The van der Waals surface area contributed by atoms with Gasteiger partial charge in [0.15, 0.2) is 0 Å². The Hall–Kier alpha value is -2.74. The number of aryl methyl sites for hydroxylation is 2. The average Bonchev–Trinajstić information content (AvgIpc) is 3.00. The molecule has 2 aromatic heterocycles. The number of piperidine rings is 1. The first-order valence-corrected chi connectivity index (χ1v) is 9.74. The van der Waals surface area contributed by atoms with E-state index in [9.17, 15) is 14.4 Å². The number of likely N-dealkylation sites (tertiary alicyclic amines) is 1. The van der Waals surface area contributed by atoms with E-state index in [0.717, 1.165) is 10.7 Å². The minimum atomic E-state index is -0.391. The number of carbonyl (C=O) groups is 1. The molecule has 1 saturated heterocycles. The molecule has 0 spiro atoms. The van der Waals surface area contributed by atoms with Crippen molar-refractivity contribution in [2.75, 3.05) is 13.1 Å². The lowest BCUT2D eigenvalue weighted by atomic mass is 10.0. The van der Waals surface area contributed by atoms with Gasteiger partial charge in [-0.1, -0.05) is 12.1 Å². The van der Waals surface area contributed by atoms with Crippen LogP contribution < -0.4 is 11.2 Å². The van der Waals surface area contributed by atoms with Crippen LogP contribution in [0.15, 0.2) is 33.9 Å². The number of para-hydroxylation sites is 1. The number of hydrogen-bond donors (Lipinski definition) is 1. The third-order valence-corrected chi connectivity index (χ3v) is 6.11. The molecule has 0 atom stereocenters. The molecule has 8 heteroatoms. The zero-order chi connectivity index (χ0) is 19.1. The Morgan fingerprint density at radius 2 is 1.89 bits per heavy atom. The van der Waals surface area contributed by atoms with Gasteiger partial charge in [0.05, 0.1) is 21.6 Å². The smallest absolute Gasteiger partial charge is 0.329 e. The van der Waals surface area contributed by atoms with E-state index in [4.69, 9.17) is 0 Å². The number of aromatic nitrogens is 3. The number of nitrogens with zero attached hydrogens (tertiary/aromatic N) is 3. The van der Waals surface area contributed by atoms with Gasteiger partial charge in [0.2, 0.25) is 0 Å². The summed E-state index contributed by atoms with van der Waals surface area (Å²) in [6.07, 6.45) is 1.15. The molecule has 1 aliphatic rings. The van der Waals surface area contributed by atoms with Crippen LogP contribution in [-0.4, -0.2) is 38.4 Å². The maximum Gasteiger partial charge on any atom is 0.329 e. The van der Waals surface area contributed by atoms with Crippen molar-refractivity contribution in [1.82, 2.24) is 19.4 Å². The first-order valence-electron chi connectivity index (χ1n) is 8.92. The van der Waals surface area contributed by atoms with Gasteiger partial charge in [-0.15, -0.1) is 11.3 Å². The molecule has 0 aliphatic carbocycles. The third kappa shape index (κ3) is 3.10. The van der Waals surface area contributed by atoms with E-state index in [2.05, 4.69) is 9.97 Å². The summed E-state index contributed by atoms with van der Waals surface area (Å²) in [6.45, 7) is 4.76. The number of benzene rings is 1. The van der Waals surface area contributed by atoms with Crippen molar-refractivity contribution in [2.45, 2.75) is 32.7 Å². The molecule has 0 bridgehead atoms. The van der Waals surface area contributed by atoms with E-state index in [1.54, 1.807) is 29.2 Å². The summed E-state index contributed by atoms with van der Waals surface area (Å²) in [4.78, 5) is 47.6. The number of fused-ring (bicyclic) bond motifs is 1. The van der Waals surface area contributed by atoms with Crippen molar-refractivity contribution in [3.63, 3.8) is 0 Å². The average molecular weight is 384 g/mol. The van der Waals surface area contributed by atoms with Crippen molar-refractivity contribution in [3.8, 4) is 0 Å². The van der Waals surface area contributed by atoms with Crippen LogP contribution in [0.5, 0.6) is 0 Å². The highest BCUT2D eigenvalue weighted by atomic mass is 32.1. The highest BCUT2D eigenvalue weighted by Crippen LogP contribution is 2.25. The lowest BCUT2D eigenvalue weighted by Gasteiger charge is -2.32. The van der Waals surface area contributed by atoms with E-state index < -0.39 is 5.69 Å². The van der Waals surface area contributed by atoms with Crippen LogP contribution in [0.3, 0.4) is 0 Å². The minimum Gasteiger partial charge on any atom is -0.338 e. The summed E-state index contributed by atoms with van der Waals surface area (Å²) in [6, 6.07) is 6.81. The Bertz CT molecular complexity index is 1140. The van der Waals surface area contributed by atoms with Gasteiger partial charge in [-0.25, -0.2) is 9.78 Å². The first-order chi connectivity index (χ1) is 13.0. The lowest BCUT2D eigenvalue weighted by Crippen LogP contribution is -2.45. The van der Waals surface area contributed by atoms with Crippen LogP contribution in [0.25, 0.3) is 10.9 Å². The van der Waals surface area contributed by atoms with Gasteiger partial charge >= 0.3 is 5.69 Å². The highest BCUT2D eigenvalue weighted by molar-refractivity contribution is 7.13. The number of hydrogen-bond acceptors (Lipinski definition) is 5. The van der Waals surface area contributed by atoms with Crippen LogP contribution in [0.4, 0.5) is 0 Å². The molecular formula is C19H20N4O3S. The maximum atomic E-state index is 12.8. The molecule has 0 radical (unpaired) electrons. The molecule has 27 heavy (non-hydrogen) atoms. The number of aromatic amines is 1. The van der Waals surface area contributed by atoms with Gasteiger partial charge in [-0.3, -0.25) is 14.2 Å². The Kier molecular flexibility index (Phi) is 4.43. The molecule has 1 aromatic carbocycles. The zero-order valence-electron chi connectivity index (χ0n) is 15.2. The van der Waals surface area contributed by atoms with E-state index in [1.165, 1.54) is 15.9 Å². The normalized spacial score (nSPS) is 15.4. The number of amides is 1. The third-order valence-electron chi connectivity index (χ3n) is 5.05. The first kappa shape index (κ1) is 17.7. The molecule has 0 saturated carbocycles. The van der Waals surface area contributed by atoms with Crippen LogP contribution in [-0.2, 0) is 0 Å². The fourth-order valence-corrected chi connectivity index (χ4v) is 4.60. The lowest BCUT2D eigenvalue weighted by molar-refractivity contribution is 0.0696. The molecule has 7 nitrogen and oxygen atoms in total. The second kappa shape index (κ2) is 6.77. The molecule has 1 N–H and O–H groups in total. The molecule has 140 valence electrons. The van der Waals surface area contributed by atoms with Gasteiger partial charge in [-0.2, -0.15) is 0 Å². The highest BCUT2D eigenvalue weighted by Gasteiger charge is 2.28. The minimum absolute atomic E-state index is 0.0173. The number of carbonyl (C=O) groups excluding carboxylic acids is 1. The van der Waals surface area contributed by atoms with Crippen molar-refractivity contribution in [1.29, 1.82) is 0 Å². The van der Waals surface area contributed by atoms with Crippen molar-refractivity contribution < 1.29 is 4.79 Å². The number of H-pyrrole nitrogens is 1. The molecule has 1 aliphatic heterocycles. The summed E-state index contributed by atoms with van der Waals surface area (Å²) < 4.78 is 1.31. The van der Waals surface area contributed by atoms with E-state index in [0.29, 0.717) is 41.7 Å². The summed E-state index contributed by atoms with van der Waals surface area (Å²) >= 11 is 1.41. The summed E-state index contributed by atoms with van der Waals surface area (Å²) in [5.74, 6) is -0.0173. The zero-order valence-corrected chi connectivity index (χ0v) is 16.0. The predicted octanol–water partition coefficient (Wildman–Crippen LogP) is 2.24. The number of thiazole rings is 1. The largest absolute Gasteiger partial charge is 0.338 e. The van der Waals surface area contributed by atoms with E-state index in [1.807, 2.05) is 13.8 Å². The fraction of sp³-hybridized carbons (Fsp3) is 0.368. The summed E-state index contributed by atoms with van der Waals surface area (Å²) in [5, 5.41) is 1.38. The van der Waals surface area contributed by atoms with Crippen LogP contribution in [0.2, 0.25) is 0 Å². The van der Waals surface area contributed by atoms with Gasteiger partial charge in [0.25, 0.3) is 11.5 Å². The second-order valence-corrected chi connectivity index (χ2v) is 8.02. The molecule has 1 fully saturated rings. The standard InChI is InChI=1S/C19H20N4O3S/c1-11-16(27-12(2)20-11)18(25)22-9-7-13(8-10-22)23-17(24)14-5-3-4-6-15(14)21-19(23)26/h3-6,13H,7-10H2,1-2H3,(H,21,26). The molecule has 4 rings (SSSR count). The van der Waals surface area contributed by atoms with Gasteiger partial charge in [0, 0.05) is 19.1 Å². The fourth-order valence-electron chi connectivity index (χ4n) is 3.71. The Morgan fingerprint density at radius 3 is 2.56 bits per heavy atom. The van der Waals surface area contributed by atoms with E-state index >= 15 is 0 Å². The quantitative estimate of drug-likeness (QED) is 0.734. The van der Waals surface area contributed by atoms with E-state index in [-0.39, 0.29) is 17.5 Å². The van der Waals surface area contributed by atoms with Gasteiger partial charge < -0.3 is 9.88 Å². The van der Waals surface area contributed by atoms with Crippen molar-refractivity contribution >= 4 is 28.1 Å². The molecule has 3 aromatic rings. The van der Waals surface area contributed by atoms with Crippen molar-refractivity contribution in [3.05, 3.63) is 60.7 Å².